The molecule has 0 aliphatic heterocycles. The molecule has 1 atom stereocenters. The molecule has 0 aliphatic carbocycles. The molecule has 0 spiro atoms. The number of benzene rings is 2. The number of halogens is 3. The van der Waals surface area contributed by atoms with Crippen molar-refractivity contribution in [1.82, 2.24) is 9.97 Å². The van der Waals surface area contributed by atoms with Crippen LogP contribution in [0.5, 0.6) is 0 Å². The molecule has 3 aromatic rings. The van der Waals surface area contributed by atoms with E-state index >= 15 is 0 Å². The topological polar surface area (TPSA) is 130 Å². The molecule has 1 unspecified atom stereocenters. The Bertz CT molecular complexity index is 1150. The Morgan fingerprint density at radius 3 is 2.45 bits per heavy atom. The van der Waals surface area contributed by atoms with Crippen LogP contribution in [0.4, 0.5) is 30.6 Å². The maximum absolute atomic E-state index is 12.6. The van der Waals surface area contributed by atoms with Crippen molar-refractivity contribution in [2.75, 3.05) is 17.2 Å². The summed E-state index contributed by atoms with van der Waals surface area (Å²) in [6.45, 7) is -0.0112. The highest BCUT2D eigenvalue weighted by Gasteiger charge is 2.30. The standard InChI is InChI=1S/C19H18F3N5O3S/c20-19(21,22)13-6-4-12(5-7-13)16(28)11-25-17-8-9-24-18(27-17)26-14-2-1-3-15(10-14)31(23,29)30/h1-10,16,28H,11H2,(H2,23,29,30)(H2,24,25,26,27). The number of aliphatic hydroxyl groups is 1. The molecule has 0 fully saturated rings. The molecule has 0 amide bonds. The van der Waals surface area contributed by atoms with Crippen molar-refractivity contribution >= 4 is 27.5 Å². The van der Waals surface area contributed by atoms with Crippen LogP contribution in [-0.2, 0) is 16.2 Å². The first-order chi connectivity index (χ1) is 14.5. The van der Waals surface area contributed by atoms with Gasteiger partial charge in [0.25, 0.3) is 0 Å². The maximum atomic E-state index is 12.6. The number of hydrogen-bond acceptors (Lipinski definition) is 7. The zero-order chi connectivity index (χ0) is 22.6. The molecule has 5 N–H and O–H groups in total. The van der Waals surface area contributed by atoms with Crippen LogP contribution in [0.15, 0.2) is 65.7 Å². The molecule has 31 heavy (non-hydrogen) atoms. The Morgan fingerprint density at radius 2 is 1.81 bits per heavy atom. The van der Waals surface area contributed by atoms with Crippen molar-refractivity contribution in [2.24, 2.45) is 5.14 Å². The van der Waals surface area contributed by atoms with Crippen LogP contribution in [0.3, 0.4) is 0 Å². The fourth-order valence-corrected chi connectivity index (χ4v) is 3.17. The molecule has 0 saturated carbocycles. The number of anilines is 3. The lowest BCUT2D eigenvalue weighted by Crippen LogP contribution is -2.14. The summed E-state index contributed by atoms with van der Waals surface area (Å²) >= 11 is 0. The number of primary sulfonamides is 1. The summed E-state index contributed by atoms with van der Waals surface area (Å²) in [5, 5.41) is 21.0. The van der Waals surface area contributed by atoms with Gasteiger partial charge in [-0.1, -0.05) is 18.2 Å². The van der Waals surface area contributed by atoms with Crippen LogP contribution < -0.4 is 15.8 Å². The smallest absolute Gasteiger partial charge is 0.387 e. The highest BCUT2D eigenvalue weighted by molar-refractivity contribution is 7.89. The first-order valence-electron chi connectivity index (χ1n) is 8.84. The molecular formula is C19H18F3N5O3S. The fourth-order valence-electron chi connectivity index (χ4n) is 2.61. The third-order valence-corrected chi connectivity index (χ3v) is 5.08. The predicted octanol–water partition coefficient (Wildman–Crippen LogP) is 3.03. The van der Waals surface area contributed by atoms with Crippen LogP contribution in [0.2, 0.25) is 0 Å². The second kappa shape index (κ2) is 8.88. The Labute approximate surface area is 176 Å². The van der Waals surface area contributed by atoms with E-state index in [1.165, 1.54) is 42.6 Å². The number of nitrogens with one attached hydrogen (secondary N) is 2. The molecule has 12 heteroatoms. The molecule has 0 aliphatic rings. The average Bonchev–Trinajstić information content (AvgIpc) is 2.71. The minimum absolute atomic E-state index is 0.0112. The number of rotatable bonds is 7. The quantitative estimate of drug-likeness (QED) is 0.433. The number of aromatic nitrogens is 2. The van der Waals surface area contributed by atoms with Gasteiger partial charge in [-0.3, -0.25) is 0 Å². The van der Waals surface area contributed by atoms with Gasteiger partial charge in [0.1, 0.15) is 5.82 Å². The zero-order valence-corrected chi connectivity index (χ0v) is 16.7. The van der Waals surface area contributed by atoms with Crippen molar-refractivity contribution < 1.29 is 26.7 Å². The van der Waals surface area contributed by atoms with Gasteiger partial charge in [-0.05, 0) is 42.0 Å². The summed E-state index contributed by atoms with van der Waals surface area (Å²) in [6, 6.07) is 11.5. The summed E-state index contributed by atoms with van der Waals surface area (Å²) < 4.78 is 60.8. The van der Waals surface area contributed by atoms with Crippen LogP contribution in [-0.4, -0.2) is 30.0 Å². The van der Waals surface area contributed by atoms with Crippen LogP contribution in [0.25, 0.3) is 0 Å². The number of sulfonamides is 1. The normalized spacial score (nSPS) is 12.9. The van der Waals surface area contributed by atoms with Crippen molar-refractivity contribution in [3.8, 4) is 0 Å². The third-order valence-electron chi connectivity index (χ3n) is 4.17. The molecule has 2 aromatic carbocycles. The van der Waals surface area contributed by atoms with E-state index in [1.54, 1.807) is 6.07 Å². The molecule has 3 rings (SSSR count). The van der Waals surface area contributed by atoms with Crippen LogP contribution in [0, 0.1) is 0 Å². The number of alkyl halides is 3. The molecule has 164 valence electrons. The second-order valence-corrected chi connectivity index (χ2v) is 8.04. The second-order valence-electron chi connectivity index (χ2n) is 6.48. The van der Waals surface area contributed by atoms with Crippen molar-refractivity contribution in [2.45, 2.75) is 17.2 Å². The van der Waals surface area contributed by atoms with Gasteiger partial charge in [0.2, 0.25) is 16.0 Å². The molecule has 0 saturated heterocycles. The summed E-state index contributed by atoms with van der Waals surface area (Å²) in [7, 11) is -3.86. The van der Waals surface area contributed by atoms with Crippen molar-refractivity contribution in [1.29, 1.82) is 0 Å². The molecular weight excluding hydrogens is 435 g/mol. The zero-order valence-electron chi connectivity index (χ0n) is 15.8. The van der Waals surface area contributed by atoms with Crippen molar-refractivity contribution in [3.05, 3.63) is 71.9 Å². The van der Waals surface area contributed by atoms with Gasteiger partial charge in [-0.15, -0.1) is 0 Å². The number of nitrogens with two attached hydrogens (primary N) is 1. The number of hydrogen-bond donors (Lipinski definition) is 4. The van der Waals surface area contributed by atoms with E-state index in [4.69, 9.17) is 5.14 Å². The van der Waals surface area contributed by atoms with E-state index in [0.29, 0.717) is 17.1 Å². The SMILES string of the molecule is NS(=O)(=O)c1cccc(Nc2nccc(NCC(O)c3ccc(C(F)(F)F)cc3)n2)c1. The van der Waals surface area contributed by atoms with E-state index < -0.39 is 27.9 Å². The summed E-state index contributed by atoms with van der Waals surface area (Å²) in [4.78, 5) is 8.15. The van der Waals surface area contributed by atoms with Gasteiger partial charge in [0.05, 0.1) is 16.6 Å². The predicted molar refractivity (Wildman–Crippen MR) is 108 cm³/mol. The van der Waals surface area contributed by atoms with Gasteiger partial charge in [0, 0.05) is 18.4 Å². The Morgan fingerprint density at radius 1 is 1.10 bits per heavy atom. The molecule has 0 bridgehead atoms. The fraction of sp³-hybridized carbons (Fsp3) is 0.158. The number of nitrogens with zero attached hydrogens (tertiary/aromatic N) is 2. The first-order valence-corrected chi connectivity index (χ1v) is 10.4. The van der Waals surface area contributed by atoms with E-state index in [2.05, 4.69) is 20.6 Å². The third kappa shape index (κ3) is 6.13. The monoisotopic (exact) mass is 453 g/mol. The molecule has 1 aromatic heterocycles. The van der Waals surface area contributed by atoms with Crippen LogP contribution >= 0.6 is 0 Å². The lowest BCUT2D eigenvalue weighted by atomic mass is 10.1. The van der Waals surface area contributed by atoms with E-state index in [0.717, 1.165) is 12.1 Å². The molecule has 1 heterocycles. The Hall–Kier alpha value is -3.22. The highest BCUT2D eigenvalue weighted by atomic mass is 32.2. The summed E-state index contributed by atoms with van der Waals surface area (Å²) in [5.41, 5.74) is -0.0874. The summed E-state index contributed by atoms with van der Waals surface area (Å²) in [5.74, 6) is 0.492. The van der Waals surface area contributed by atoms with Crippen molar-refractivity contribution in [3.63, 3.8) is 0 Å². The van der Waals surface area contributed by atoms with Gasteiger partial charge in [-0.25, -0.2) is 18.5 Å². The van der Waals surface area contributed by atoms with E-state index in [1.807, 2.05) is 0 Å². The summed E-state index contributed by atoms with van der Waals surface area (Å²) in [6.07, 6.45) is -4.08. The minimum atomic E-state index is -4.44. The molecule has 8 nitrogen and oxygen atoms in total. The largest absolute Gasteiger partial charge is 0.416 e. The van der Waals surface area contributed by atoms with Gasteiger partial charge in [-0.2, -0.15) is 18.2 Å². The van der Waals surface area contributed by atoms with E-state index in [-0.39, 0.29) is 17.4 Å². The van der Waals surface area contributed by atoms with Gasteiger partial charge >= 0.3 is 6.18 Å². The number of aliphatic hydroxyl groups excluding tert-OH is 1. The van der Waals surface area contributed by atoms with Gasteiger partial charge in [0.15, 0.2) is 0 Å². The van der Waals surface area contributed by atoms with E-state index in [9.17, 15) is 26.7 Å². The highest BCUT2D eigenvalue weighted by Crippen LogP contribution is 2.30. The van der Waals surface area contributed by atoms with Gasteiger partial charge < -0.3 is 15.7 Å². The Kier molecular flexibility index (Phi) is 6.43. The average molecular weight is 453 g/mol. The Balaban J connectivity index is 1.64. The minimum Gasteiger partial charge on any atom is -0.387 e. The lowest BCUT2D eigenvalue weighted by Gasteiger charge is -2.14. The lowest BCUT2D eigenvalue weighted by molar-refractivity contribution is -0.137. The van der Waals surface area contributed by atoms with Crippen LogP contribution in [0.1, 0.15) is 17.2 Å². The molecule has 0 radical (unpaired) electrons. The maximum Gasteiger partial charge on any atom is 0.416 e. The first kappa shape index (κ1) is 22.5.